The first kappa shape index (κ1) is 60.0. The second kappa shape index (κ2) is 25.3. The molecule has 0 spiro atoms. The van der Waals surface area contributed by atoms with Gasteiger partial charge >= 0.3 is 41.8 Å². The van der Waals surface area contributed by atoms with E-state index in [4.69, 9.17) is 28.4 Å². The number of carboxylic acids is 3. The van der Waals surface area contributed by atoms with Crippen LogP contribution >= 0.6 is 14.3 Å². The number of hydrogen-bond donors (Lipinski definition) is 4. The lowest BCUT2D eigenvalue weighted by Gasteiger charge is -2.23. The molecule has 10 aromatic rings. The summed E-state index contributed by atoms with van der Waals surface area (Å²) in [6.45, 7) is -0.770. The number of cyclic esters (lactones) is 4. The van der Waals surface area contributed by atoms with Crippen LogP contribution in [0.1, 0.15) is 72.5 Å². The van der Waals surface area contributed by atoms with Crippen molar-refractivity contribution in [3.8, 4) is 51.7 Å². The number of rotatable bonds is 19. The van der Waals surface area contributed by atoms with Crippen molar-refractivity contribution < 1.29 is 96.3 Å². The second-order valence-electron chi connectivity index (χ2n) is 19.6. The van der Waals surface area contributed by atoms with Gasteiger partial charge in [-0.15, -0.1) is 0 Å². The highest BCUT2D eigenvalue weighted by molar-refractivity contribution is 7.86. The number of aromatic carboxylic acids is 3. The van der Waals surface area contributed by atoms with E-state index in [0.717, 1.165) is 12.1 Å². The van der Waals surface area contributed by atoms with E-state index in [0.29, 0.717) is 26.5 Å². The van der Waals surface area contributed by atoms with Gasteiger partial charge in [-0.2, -0.15) is 0 Å². The molecule has 0 aliphatic carbocycles. The summed E-state index contributed by atoms with van der Waals surface area (Å²) in [5.41, 5.74) is -0.696. The van der Waals surface area contributed by atoms with Gasteiger partial charge in [0.05, 0.1) is 44.0 Å². The molecule has 0 bridgehead atoms. The van der Waals surface area contributed by atoms with Gasteiger partial charge in [0, 0.05) is 27.3 Å². The highest BCUT2D eigenvalue weighted by Gasteiger charge is 2.37. The zero-order valence-electron chi connectivity index (χ0n) is 46.4. The number of hydrogen-bond acceptors (Lipinski definition) is 17. The number of fused-ring (bicyclic) bond motifs is 2. The molecular formula is C68H44O20P2. The van der Waals surface area contributed by atoms with Crippen LogP contribution in [-0.4, -0.2) is 69.0 Å². The van der Waals surface area contributed by atoms with Gasteiger partial charge in [0.25, 0.3) is 0 Å². The topological polar surface area (TPSA) is 299 Å². The van der Waals surface area contributed by atoms with Crippen LogP contribution in [0.5, 0.6) is 51.7 Å². The summed E-state index contributed by atoms with van der Waals surface area (Å²) in [5.74, 6) is -5.94. The van der Waals surface area contributed by atoms with Crippen molar-refractivity contribution in [1.82, 2.24) is 0 Å². The Hall–Kier alpha value is -11.7. The molecule has 12 rings (SSSR count). The van der Waals surface area contributed by atoms with Gasteiger partial charge in [0.1, 0.15) is 57.3 Å². The fraction of sp³-hybridized carbons (Fsp3) is 0.0147. The molecule has 0 fully saturated rings. The third kappa shape index (κ3) is 12.1. The highest BCUT2D eigenvalue weighted by atomic mass is 31.2. The summed E-state index contributed by atoms with van der Waals surface area (Å²) in [5, 5.41) is 40.2. The lowest BCUT2D eigenvalue weighted by molar-refractivity contribution is 0.0425. The third-order valence-electron chi connectivity index (χ3n) is 14.0. The number of carbonyl (C=O) groups excluding carboxylic acids is 4. The van der Waals surface area contributed by atoms with Crippen LogP contribution in [0.25, 0.3) is 0 Å². The SMILES string of the molecule is O=C(O)c1ccc(Oc2ccc(Oc3ccc(C(=O)O)c(C(=O)O)c3)c(P(=O)(c3ccccc3)c3ccccc3)c2)cc1OCO.O=C1OC(=O)c2cc(Oc3ccc(Oc4ccc5c(c4)C(=O)OC5=O)c(P(=O)(c4ccccc4)c4ccccc4)c3)ccc21. The Bertz CT molecular complexity index is 4540. The molecule has 2 aliphatic rings. The van der Waals surface area contributed by atoms with Crippen LogP contribution < -0.4 is 55.5 Å². The maximum atomic E-state index is 15.4. The molecule has 446 valence electrons. The minimum atomic E-state index is -3.73. The smallest absolute Gasteiger partial charge is 0.347 e. The minimum absolute atomic E-state index is 0.0138. The average Bonchev–Trinajstić information content (AvgIpc) is 1.16. The Morgan fingerprint density at radius 1 is 0.333 bits per heavy atom. The molecule has 0 unspecified atom stereocenters. The molecule has 0 atom stereocenters. The van der Waals surface area contributed by atoms with Gasteiger partial charge < -0.3 is 62.7 Å². The number of aliphatic hydroxyl groups is 1. The van der Waals surface area contributed by atoms with Gasteiger partial charge in [0.15, 0.2) is 21.1 Å². The Morgan fingerprint density at radius 3 is 1.04 bits per heavy atom. The second-order valence-corrected chi connectivity index (χ2v) is 25.0. The number of carbonyl (C=O) groups is 7. The molecule has 20 nitrogen and oxygen atoms in total. The maximum absolute atomic E-state index is 15.4. The largest absolute Gasteiger partial charge is 0.478 e. The maximum Gasteiger partial charge on any atom is 0.347 e. The van der Waals surface area contributed by atoms with E-state index in [2.05, 4.69) is 4.74 Å². The van der Waals surface area contributed by atoms with Crippen molar-refractivity contribution in [1.29, 1.82) is 0 Å². The Kier molecular flexibility index (Phi) is 16.9. The van der Waals surface area contributed by atoms with E-state index in [1.165, 1.54) is 78.9 Å². The zero-order chi connectivity index (χ0) is 63.3. The van der Waals surface area contributed by atoms with Crippen molar-refractivity contribution in [3.05, 3.63) is 269 Å². The van der Waals surface area contributed by atoms with Crippen molar-refractivity contribution in [3.63, 3.8) is 0 Å². The van der Waals surface area contributed by atoms with Gasteiger partial charge in [-0.3, -0.25) is 0 Å². The molecule has 4 N–H and O–H groups in total. The predicted octanol–water partition coefficient (Wildman–Crippen LogP) is 10.9. The minimum Gasteiger partial charge on any atom is -0.478 e. The fourth-order valence-electron chi connectivity index (χ4n) is 9.86. The molecule has 0 radical (unpaired) electrons. The number of carboxylic acid groups (broad SMARTS) is 3. The van der Waals surface area contributed by atoms with Gasteiger partial charge in [0.2, 0.25) is 0 Å². The molecule has 10 aromatic carbocycles. The van der Waals surface area contributed by atoms with Crippen molar-refractivity contribution >= 4 is 87.9 Å². The van der Waals surface area contributed by atoms with E-state index in [9.17, 15) is 54.0 Å². The van der Waals surface area contributed by atoms with Crippen molar-refractivity contribution in [2.75, 3.05) is 6.79 Å². The first-order valence-corrected chi connectivity index (χ1v) is 30.3. The quantitative estimate of drug-likeness (QED) is 0.0253. The van der Waals surface area contributed by atoms with Gasteiger partial charge in [-0.05, 0) is 103 Å². The summed E-state index contributed by atoms with van der Waals surface area (Å²) in [6.07, 6.45) is 0. The summed E-state index contributed by atoms with van der Waals surface area (Å²) in [6, 6.07) is 60.6. The van der Waals surface area contributed by atoms with E-state index in [1.807, 2.05) is 12.1 Å². The normalized spacial score (nSPS) is 12.3. The summed E-state index contributed by atoms with van der Waals surface area (Å²) in [7, 11) is -7.35. The Balaban J connectivity index is 0.000000185. The number of aliphatic hydroxyl groups excluding tert-OH is 1. The summed E-state index contributed by atoms with van der Waals surface area (Å²) in [4.78, 5) is 83.1. The van der Waals surface area contributed by atoms with Crippen LogP contribution in [-0.2, 0) is 18.6 Å². The first-order valence-electron chi connectivity index (χ1n) is 26.9. The third-order valence-corrected chi connectivity index (χ3v) is 20.2. The van der Waals surface area contributed by atoms with Crippen molar-refractivity contribution in [2.45, 2.75) is 0 Å². The zero-order valence-corrected chi connectivity index (χ0v) is 48.2. The van der Waals surface area contributed by atoms with Crippen LogP contribution in [0, 0.1) is 0 Å². The highest BCUT2D eigenvalue weighted by Crippen LogP contribution is 2.49. The molecule has 2 heterocycles. The molecule has 0 saturated heterocycles. The molecule has 0 amide bonds. The predicted molar refractivity (Wildman–Crippen MR) is 326 cm³/mol. The van der Waals surface area contributed by atoms with Crippen LogP contribution in [0.3, 0.4) is 0 Å². The molecule has 2 aliphatic heterocycles. The summed E-state index contributed by atoms with van der Waals surface area (Å²) >= 11 is 0. The molecular weight excluding hydrogens is 1200 g/mol. The summed E-state index contributed by atoms with van der Waals surface area (Å²) < 4.78 is 69.7. The van der Waals surface area contributed by atoms with E-state index in [-0.39, 0.29) is 84.9 Å². The lowest BCUT2D eigenvalue weighted by Crippen LogP contribution is -2.26. The van der Waals surface area contributed by atoms with Crippen LogP contribution in [0.15, 0.2) is 231 Å². The number of esters is 4. The van der Waals surface area contributed by atoms with Crippen molar-refractivity contribution in [2.24, 2.45) is 0 Å². The van der Waals surface area contributed by atoms with Gasteiger partial charge in [-0.1, -0.05) is 121 Å². The molecule has 22 heteroatoms. The Labute approximate surface area is 510 Å². The fourth-order valence-corrected chi connectivity index (χ4v) is 15.4. The first-order chi connectivity index (χ1) is 43.4. The van der Waals surface area contributed by atoms with Crippen LogP contribution in [0.4, 0.5) is 0 Å². The molecule has 0 aromatic heterocycles. The van der Waals surface area contributed by atoms with E-state index >= 15 is 9.13 Å². The lowest BCUT2D eigenvalue weighted by atomic mass is 10.1. The van der Waals surface area contributed by atoms with Crippen LogP contribution in [0.2, 0.25) is 0 Å². The average molecular weight is 1240 g/mol. The number of ether oxygens (including phenoxy) is 7. The molecule has 0 saturated carbocycles. The monoisotopic (exact) mass is 1240 g/mol. The number of benzene rings is 10. The Morgan fingerprint density at radius 2 is 0.656 bits per heavy atom. The van der Waals surface area contributed by atoms with E-state index in [1.54, 1.807) is 127 Å². The molecule has 90 heavy (non-hydrogen) atoms. The standard InChI is InChI=1S/C34H25O11P.C34H19O9P/c35-20-43-30-18-22(12-15-27(30)33(38)39)44-23-13-16-29(45-21-11-14-26(32(36)37)28(17-21)34(40)41)31(19-23)46(42,24-7-3-1-4-8-24)25-9-5-2-6-10-25;35-31-25-14-11-20(17-27(25)33(37)42-31)40-22-13-16-29(41-21-12-15-26-28(18-21)34(38)43-32(26)36)30(19-22)44(39,23-7-3-1-4-8-23)24-9-5-2-6-10-24/h1-19,35H,20H2,(H,36,37)(H,38,39)(H,40,41);1-19H. The van der Waals surface area contributed by atoms with E-state index < -0.39 is 74.0 Å². The van der Waals surface area contributed by atoms with Gasteiger partial charge in [-0.25, -0.2) is 33.6 Å².